The Bertz CT molecular complexity index is 652. The molecular formula is C13H13N3O2S2. The lowest BCUT2D eigenvalue weighted by Gasteiger charge is -2.01. The fourth-order valence-corrected chi connectivity index (χ4v) is 2.96. The smallest absolute Gasteiger partial charge is 0.265 e. The number of nitrogens with one attached hydrogen (secondary N) is 1. The van der Waals surface area contributed by atoms with E-state index in [0.717, 1.165) is 27.7 Å². The van der Waals surface area contributed by atoms with E-state index in [1.54, 1.807) is 0 Å². The first-order valence-corrected chi connectivity index (χ1v) is 7.66. The number of amides is 1. The third kappa shape index (κ3) is 3.63. The summed E-state index contributed by atoms with van der Waals surface area (Å²) in [5, 5.41) is 17.3. The van der Waals surface area contributed by atoms with Crippen molar-refractivity contribution in [3.8, 4) is 11.8 Å². The standard InChI is InChI=1S/C13H13N3O2S2/c1-2-11-12(20-16-15-11)13(18)14-7-10-6-9(8-19-10)4-3-5-17/h6,8,17H,2,5,7H2,1H3,(H,14,18). The van der Waals surface area contributed by atoms with Crippen LogP contribution in [0.15, 0.2) is 11.4 Å². The first kappa shape index (κ1) is 14.7. The van der Waals surface area contributed by atoms with E-state index in [-0.39, 0.29) is 12.5 Å². The van der Waals surface area contributed by atoms with Crippen LogP contribution in [-0.2, 0) is 13.0 Å². The Labute approximate surface area is 124 Å². The summed E-state index contributed by atoms with van der Waals surface area (Å²) in [6, 6.07) is 1.90. The van der Waals surface area contributed by atoms with Gasteiger partial charge in [-0.15, -0.1) is 16.4 Å². The highest BCUT2D eigenvalue weighted by molar-refractivity contribution is 7.10. The number of carbonyl (C=O) groups excluding carboxylic acids is 1. The highest BCUT2D eigenvalue weighted by Gasteiger charge is 2.14. The summed E-state index contributed by atoms with van der Waals surface area (Å²) in [6.45, 7) is 2.24. The fraction of sp³-hybridized carbons (Fsp3) is 0.308. The van der Waals surface area contributed by atoms with Gasteiger partial charge in [0, 0.05) is 15.8 Å². The highest BCUT2D eigenvalue weighted by atomic mass is 32.1. The molecule has 0 aliphatic rings. The molecule has 20 heavy (non-hydrogen) atoms. The summed E-state index contributed by atoms with van der Waals surface area (Å²) in [5.74, 6) is 5.27. The van der Waals surface area contributed by atoms with Crippen molar-refractivity contribution < 1.29 is 9.90 Å². The summed E-state index contributed by atoms with van der Waals surface area (Å²) in [7, 11) is 0. The number of hydrogen-bond donors (Lipinski definition) is 2. The SMILES string of the molecule is CCc1nnsc1C(=O)NCc1cc(C#CCO)cs1. The molecule has 7 heteroatoms. The Balaban J connectivity index is 1.95. The molecule has 0 aromatic carbocycles. The Hall–Kier alpha value is -1.75. The zero-order valence-corrected chi connectivity index (χ0v) is 12.5. The molecule has 0 aliphatic carbocycles. The summed E-state index contributed by atoms with van der Waals surface area (Å²) >= 11 is 2.64. The minimum Gasteiger partial charge on any atom is -0.384 e. The fourth-order valence-electron chi connectivity index (χ4n) is 1.54. The number of aryl methyl sites for hydroxylation is 1. The monoisotopic (exact) mass is 307 g/mol. The van der Waals surface area contributed by atoms with Crippen LogP contribution in [0.4, 0.5) is 0 Å². The van der Waals surface area contributed by atoms with Crippen LogP contribution in [-0.4, -0.2) is 27.2 Å². The van der Waals surface area contributed by atoms with Gasteiger partial charge in [-0.1, -0.05) is 23.3 Å². The highest BCUT2D eigenvalue weighted by Crippen LogP contribution is 2.15. The third-order valence-electron chi connectivity index (χ3n) is 2.49. The Morgan fingerprint density at radius 2 is 2.40 bits per heavy atom. The molecule has 2 heterocycles. The molecule has 5 nitrogen and oxygen atoms in total. The van der Waals surface area contributed by atoms with Gasteiger partial charge in [0.15, 0.2) is 0 Å². The number of hydrogen-bond acceptors (Lipinski definition) is 6. The van der Waals surface area contributed by atoms with Crippen molar-refractivity contribution in [3.05, 3.63) is 32.5 Å². The maximum atomic E-state index is 12.0. The van der Waals surface area contributed by atoms with E-state index in [2.05, 4.69) is 26.7 Å². The molecule has 0 saturated heterocycles. The van der Waals surface area contributed by atoms with Crippen molar-refractivity contribution in [1.29, 1.82) is 0 Å². The van der Waals surface area contributed by atoms with Crippen LogP contribution in [0.1, 0.15) is 32.7 Å². The number of carbonyl (C=O) groups is 1. The zero-order chi connectivity index (χ0) is 14.4. The third-order valence-corrected chi connectivity index (χ3v) is 4.19. The molecule has 0 unspecified atom stereocenters. The normalized spacial score (nSPS) is 9.90. The first-order valence-electron chi connectivity index (χ1n) is 6.01. The molecule has 1 amide bonds. The predicted octanol–water partition coefficient (Wildman–Crippen LogP) is 1.44. The van der Waals surface area contributed by atoms with E-state index in [1.807, 2.05) is 18.4 Å². The van der Waals surface area contributed by atoms with Gasteiger partial charge in [0.05, 0.1) is 12.2 Å². The Morgan fingerprint density at radius 1 is 1.55 bits per heavy atom. The van der Waals surface area contributed by atoms with Crippen LogP contribution in [0, 0.1) is 11.8 Å². The molecule has 0 aliphatic heterocycles. The van der Waals surface area contributed by atoms with Crippen molar-refractivity contribution in [2.24, 2.45) is 0 Å². The number of aromatic nitrogens is 2. The predicted molar refractivity (Wildman–Crippen MR) is 78.7 cm³/mol. The van der Waals surface area contributed by atoms with E-state index < -0.39 is 0 Å². The van der Waals surface area contributed by atoms with Gasteiger partial charge in [0.1, 0.15) is 11.5 Å². The second-order valence-corrected chi connectivity index (χ2v) is 5.60. The quantitative estimate of drug-likeness (QED) is 0.838. The van der Waals surface area contributed by atoms with Crippen molar-refractivity contribution >= 4 is 28.8 Å². The first-order chi connectivity index (χ1) is 9.74. The van der Waals surface area contributed by atoms with Gasteiger partial charge in [-0.05, 0) is 24.0 Å². The van der Waals surface area contributed by atoms with Crippen LogP contribution in [0.3, 0.4) is 0 Å². The minimum atomic E-state index is -0.153. The molecule has 0 radical (unpaired) electrons. The van der Waals surface area contributed by atoms with Gasteiger partial charge in [0.2, 0.25) is 0 Å². The van der Waals surface area contributed by atoms with E-state index in [9.17, 15) is 4.79 Å². The minimum absolute atomic E-state index is 0.145. The molecule has 2 aromatic heterocycles. The largest absolute Gasteiger partial charge is 0.384 e. The van der Waals surface area contributed by atoms with Gasteiger partial charge < -0.3 is 10.4 Å². The number of thiophene rings is 1. The Morgan fingerprint density at radius 3 is 3.15 bits per heavy atom. The molecular weight excluding hydrogens is 294 g/mol. The molecule has 0 saturated carbocycles. The van der Waals surface area contributed by atoms with Gasteiger partial charge in [-0.25, -0.2) is 0 Å². The summed E-state index contributed by atoms with van der Waals surface area (Å²) in [6.07, 6.45) is 0.694. The van der Waals surface area contributed by atoms with Crippen LogP contribution >= 0.6 is 22.9 Å². The summed E-state index contributed by atoms with van der Waals surface area (Å²) in [4.78, 5) is 13.6. The molecule has 0 atom stereocenters. The lowest BCUT2D eigenvalue weighted by Crippen LogP contribution is -2.22. The molecule has 2 rings (SSSR count). The van der Waals surface area contributed by atoms with E-state index in [1.165, 1.54) is 11.3 Å². The molecule has 0 spiro atoms. The molecule has 2 aromatic rings. The Kier molecular flexibility index (Phi) is 5.24. The van der Waals surface area contributed by atoms with E-state index >= 15 is 0 Å². The summed E-state index contributed by atoms with van der Waals surface area (Å²) < 4.78 is 3.80. The van der Waals surface area contributed by atoms with Crippen LogP contribution in [0.25, 0.3) is 0 Å². The van der Waals surface area contributed by atoms with Gasteiger partial charge in [-0.3, -0.25) is 4.79 Å². The number of aliphatic hydroxyl groups is 1. The molecule has 0 fully saturated rings. The van der Waals surface area contributed by atoms with Crippen molar-refractivity contribution in [2.75, 3.05) is 6.61 Å². The average Bonchev–Trinajstić information content (AvgIpc) is 3.11. The van der Waals surface area contributed by atoms with E-state index in [0.29, 0.717) is 17.8 Å². The number of aliphatic hydroxyl groups excluding tert-OH is 1. The van der Waals surface area contributed by atoms with Crippen molar-refractivity contribution in [1.82, 2.24) is 14.9 Å². The number of nitrogens with zero attached hydrogens (tertiary/aromatic N) is 2. The van der Waals surface area contributed by atoms with Crippen molar-refractivity contribution in [2.45, 2.75) is 19.9 Å². The second kappa shape index (κ2) is 7.14. The maximum Gasteiger partial charge on any atom is 0.265 e. The van der Waals surface area contributed by atoms with Gasteiger partial charge >= 0.3 is 0 Å². The van der Waals surface area contributed by atoms with Gasteiger partial charge in [0.25, 0.3) is 5.91 Å². The maximum absolute atomic E-state index is 12.0. The van der Waals surface area contributed by atoms with Gasteiger partial charge in [-0.2, -0.15) is 0 Å². The lowest BCUT2D eigenvalue weighted by atomic mass is 10.3. The lowest BCUT2D eigenvalue weighted by molar-refractivity contribution is 0.0954. The topological polar surface area (TPSA) is 75.1 Å². The second-order valence-electron chi connectivity index (χ2n) is 3.85. The number of rotatable bonds is 4. The van der Waals surface area contributed by atoms with E-state index in [4.69, 9.17) is 5.11 Å². The molecule has 0 bridgehead atoms. The van der Waals surface area contributed by atoms with Crippen molar-refractivity contribution in [3.63, 3.8) is 0 Å². The average molecular weight is 307 g/mol. The van der Waals surface area contributed by atoms with Crippen LogP contribution in [0.5, 0.6) is 0 Å². The zero-order valence-electron chi connectivity index (χ0n) is 10.8. The molecule has 104 valence electrons. The van der Waals surface area contributed by atoms with Crippen LogP contribution < -0.4 is 5.32 Å². The molecule has 2 N–H and O–H groups in total. The summed E-state index contributed by atoms with van der Waals surface area (Å²) in [5.41, 5.74) is 1.58. The van der Waals surface area contributed by atoms with Crippen LogP contribution in [0.2, 0.25) is 0 Å².